The molecule has 16 N–H and O–H groups in total. The molecule has 0 heterocycles. The first-order valence-corrected chi connectivity index (χ1v) is 21.3. The molecule has 0 fully saturated rings. The molecule has 0 aliphatic carbocycles. The minimum Gasteiger partial charge on any atom is -0.394 e. The fourth-order valence-corrected chi connectivity index (χ4v) is 6.01. The van der Waals surface area contributed by atoms with Crippen molar-refractivity contribution in [3.63, 3.8) is 0 Å². The number of aliphatic hydroxyl groups excluding tert-OH is 3. The number of rotatable bonds is 29. The topological polar surface area (TPSA) is 409 Å². The molecule has 65 heavy (non-hydrogen) atoms. The van der Waals surface area contributed by atoms with Gasteiger partial charge in [-0.15, -0.1) is 0 Å². The van der Waals surface area contributed by atoms with E-state index in [4.69, 9.17) is 11.5 Å². The number of hydrogen-bond acceptors (Lipinski definition) is 14. The maximum Gasteiger partial charge on any atom is 0.245 e. The van der Waals surface area contributed by atoms with E-state index in [1.165, 1.54) is 27.7 Å². The molecule has 0 spiro atoms. The number of aliphatic hydroxyl groups is 3. The Bertz CT molecular complexity index is 1690. The Hall–Kier alpha value is -5.95. The predicted molar refractivity (Wildman–Crippen MR) is 232 cm³/mol. The van der Waals surface area contributed by atoms with E-state index >= 15 is 0 Å². The molecule has 11 amide bonds. The lowest BCUT2D eigenvalue weighted by molar-refractivity contribution is -0.137. The lowest BCUT2D eigenvalue weighted by Gasteiger charge is -2.29. The third-order valence-electron chi connectivity index (χ3n) is 9.73. The van der Waals surface area contributed by atoms with Crippen molar-refractivity contribution in [3.05, 3.63) is 0 Å². The van der Waals surface area contributed by atoms with Gasteiger partial charge in [0, 0.05) is 6.92 Å². The summed E-state index contributed by atoms with van der Waals surface area (Å²) < 4.78 is 0. The van der Waals surface area contributed by atoms with Crippen LogP contribution in [0.4, 0.5) is 0 Å². The smallest absolute Gasteiger partial charge is 0.245 e. The third kappa shape index (κ3) is 22.0. The molecule has 0 rings (SSSR count). The number of primary amides is 2. The molecular weight excluding hydrogens is 859 g/mol. The monoisotopic (exact) mass is 930 g/mol. The van der Waals surface area contributed by atoms with Crippen molar-refractivity contribution < 1.29 is 68.1 Å². The van der Waals surface area contributed by atoms with Crippen molar-refractivity contribution in [2.75, 3.05) is 13.2 Å². The Kier molecular flexibility index (Phi) is 26.1. The Morgan fingerprint density at radius 1 is 0.508 bits per heavy atom. The van der Waals surface area contributed by atoms with Crippen LogP contribution in [0.1, 0.15) is 94.9 Å². The molecule has 0 saturated carbocycles. The van der Waals surface area contributed by atoms with E-state index in [1.54, 1.807) is 41.5 Å². The fraction of sp³-hybridized carbons (Fsp3) is 0.725. The van der Waals surface area contributed by atoms with E-state index in [0.29, 0.717) is 6.42 Å². The van der Waals surface area contributed by atoms with Gasteiger partial charge in [-0.3, -0.25) is 52.7 Å². The van der Waals surface area contributed by atoms with Crippen LogP contribution in [-0.4, -0.2) is 154 Å². The molecular formula is C40H71N11O14. The Morgan fingerprint density at radius 3 is 1.34 bits per heavy atom. The van der Waals surface area contributed by atoms with Gasteiger partial charge in [0.25, 0.3) is 0 Å². The number of carbonyl (C=O) groups excluding carboxylic acids is 11. The summed E-state index contributed by atoms with van der Waals surface area (Å²) in [5.74, 6) is -11.1. The predicted octanol–water partition coefficient (Wildman–Crippen LogP) is -5.73. The first-order chi connectivity index (χ1) is 30.1. The van der Waals surface area contributed by atoms with Crippen LogP contribution in [0, 0.1) is 17.8 Å². The Morgan fingerprint density at radius 2 is 0.923 bits per heavy atom. The van der Waals surface area contributed by atoms with E-state index in [9.17, 15) is 68.1 Å². The van der Waals surface area contributed by atoms with Crippen molar-refractivity contribution in [3.8, 4) is 0 Å². The zero-order valence-electron chi connectivity index (χ0n) is 38.7. The van der Waals surface area contributed by atoms with Crippen molar-refractivity contribution in [2.24, 2.45) is 29.2 Å². The second-order valence-corrected chi connectivity index (χ2v) is 16.8. The van der Waals surface area contributed by atoms with Gasteiger partial charge in [0.1, 0.15) is 48.3 Å². The molecule has 0 saturated heterocycles. The van der Waals surface area contributed by atoms with Gasteiger partial charge in [0.15, 0.2) is 0 Å². The van der Waals surface area contributed by atoms with Gasteiger partial charge in [-0.25, -0.2) is 0 Å². The SMILES string of the molecule is CC[C@H](C)[C@H](NC(=O)[C@H](CO)NC(=O)[C@H](CC(C)C)NC(=O)[C@H](CC(C)C)NC(=O)[C@@H](NC(=O)CNC(=O)[C@@H](NC(=O)[C@H](C)NC(C)=O)[C@@H](C)O)[C@@H](C)O)C(=O)N[C@@H](CC(N)=O)C(N)=O. The van der Waals surface area contributed by atoms with Crippen molar-refractivity contribution in [1.82, 2.24) is 47.9 Å². The molecule has 25 heteroatoms. The van der Waals surface area contributed by atoms with E-state index in [2.05, 4.69) is 47.9 Å². The van der Waals surface area contributed by atoms with Gasteiger partial charge in [-0.1, -0.05) is 48.0 Å². The second kappa shape index (κ2) is 28.8. The van der Waals surface area contributed by atoms with Crippen LogP contribution in [0.3, 0.4) is 0 Å². The van der Waals surface area contributed by atoms with Gasteiger partial charge in [0.2, 0.25) is 65.0 Å². The van der Waals surface area contributed by atoms with Gasteiger partial charge < -0.3 is 74.6 Å². The highest BCUT2D eigenvalue weighted by atomic mass is 16.3. The average Bonchev–Trinajstić information content (AvgIpc) is 3.19. The molecule has 370 valence electrons. The molecule has 11 atom stereocenters. The van der Waals surface area contributed by atoms with Crippen molar-refractivity contribution >= 4 is 65.0 Å². The van der Waals surface area contributed by atoms with E-state index in [0.717, 1.165) is 0 Å². The van der Waals surface area contributed by atoms with Crippen LogP contribution in [0.25, 0.3) is 0 Å². The molecule has 0 unspecified atom stereocenters. The summed E-state index contributed by atoms with van der Waals surface area (Å²) in [6, 6.07) is -11.5. The molecule has 0 aliphatic heterocycles. The first kappa shape index (κ1) is 59.0. The zero-order valence-corrected chi connectivity index (χ0v) is 38.7. The minimum absolute atomic E-state index is 0.00203. The molecule has 0 aromatic rings. The summed E-state index contributed by atoms with van der Waals surface area (Å²) in [6.45, 7) is 13.4. The van der Waals surface area contributed by atoms with E-state index in [-0.39, 0.29) is 24.7 Å². The quantitative estimate of drug-likeness (QED) is 0.0333. The summed E-state index contributed by atoms with van der Waals surface area (Å²) in [5, 5.41) is 51.9. The molecule has 0 aromatic heterocycles. The maximum absolute atomic E-state index is 13.8. The van der Waals surface area contributed by atoms with Gasteiger partial charge in [0.05, 0.1) is 31.8 Å². The maximum atomic E-state index is 13.8. The van der Waals surface area contributed by atoms with Gasteiger partial charge in [-0.2, -0.15) is 0 Å². The van der Waals surface area contributed by atoms with Gasteiger partial charge >= 0.3 is 0 Å². The number of amides is 11. The molecule has 0 radical (unpaired) electrons. The third-order valence-corrected chi connectivity index (χ3v) is 9.73. The lowest BCUT2D eigenvalue weighted by atomic mass is 9.97. The fourth-order valence-electron chi connectivity index (χ4n) is 6.01. The summed E-state index contributed by atoms with van der Waals surface area (Å²) >= 11 is 0. The highest BCUT2D eigenvalue weighted by molar-refractivity contribution is 5.98. The highest BCUT2D eigenvalue weighted by Gasteiger charge is 2.36. The van der Waals surface area contributed by atoms with Crippen molar-refractivity contribution in [1.29, 1.82) is 0 Å². The first-order valence-electron chi connectivity index (χ1n) is 21.3. The van der Waals surface area contributed by atoms with E-state index < -0.39 is 151 Å². The summed E-state index contributed by atoms with van der Waals surface area (Å²) in [5.41, 5.74) is 10.4. The molecule has 0 aliphatic rings. The zero-order chi connectivity index (χ0) is 50.5. The van der Waals surface area contributed by atoms with Crippen LogP contribution in [0.15, 0.2) is 0 Å². The number of hydrogen-bond donors (Lipinski definition) is 14. The molecule has 0 bridgehead atoms. The van der Waals surface area contributed by atoms with Gasteiger partial charge in [-0.05, 0) is 51.4 Å². The number of carbonyl (C=O) groups is 11. The average molecular weight is 930 g/mol. The Balaban J connectivity index is 6.10. The summed E-state index contributed by atoms with van der Waals surface area (Å²) in [6.07, 6.45) is -3.28. The minimum atomic E-state index is -1.68. The standard InChI is InChI=1S/C40H71N11O14/c1-11-19(6)30(39(64)45-24(33(42)58)14-28(41)56)50-37(62)27(16-52)48-36(61)25(12-17(2)3)46-35(60)26(13-18(4)5)47-40(65)32(22(9)54)49-29(57)15-43-38(63)31(21(8)53)51-34(59)20(7)44-23(10)55/h17-22,24-27,30-32,52-54H,11-16H2,1-10H3,(H2,41,56)(H2,42,58)(H,43,63)(H,44,55)(H,45,64)(H,46,60)(H,47,65)(H,48,61)(H,49,57)(H,50,62)(H,51,59)/t19-,20-,21+,22+,24-,25-,26-,27-,30-,31-,32-/m0/s1. The summed E-state index contributed by atoms with van der Waals surface area (Å²) in [7, 11) is 0. The normalized spacial score (nSPS) is 16.2. The molecule has 25 nitrogen and oxygen atoms in total. The van der Waals surface area contributed by atoms with Crippen LogP contribution >= 0.6 is 0 Å². The van der Waals surface area contributed by atoms with Crippen molar-refractivity contribution in [2.45, 2.75) is 155 Å². The Labute approximate surface area is 378 Å². The van der Waals surface area contributed by atoms with Crippen LogP contribution in [-0.2, 0) is 52.7 Å². The van der Waals surface area contributed by atoms with Crippen LogP contribution < -0.4 is 59.3 Å². The number of nitrogens with one attached hydrogen (secondary N) is 9. The number of nitrogens with two attached hydrogens (primary N) is 2. The second-order valence-electron chi connectivity index (χ2n) is 16.8. The van der Waals surface area contributed by atoms with Crippen LogP contribution in [0.2, 0.25) is 0 Å². The lowest BCUT2D eigenvalue weighted by Crippen LogP contribution is -2.62. The molecule has 0 aromatic carbocycles. The highest BCUT2D eigenvalue weighted by Crippen LogP contribution is 2.12. The van der Waals surface area contributed by atoms with Crippen LogP contribution in [0.5, 0.6) is 0 Å². The summed E-state index contributed by atoms with van der Waals surface area (Å²) in [4.78, 5) is 140. The largest absolute Gasteiger partial charge is 0.394 e. The van der Waals surface area contributed by atoms with E-state index in [1.807, 2.05) is 0 Å².